The van der Waals surface area contributed by atoms with Crippen LogP contribution in [0.5, 0.6) is 17.2 Å². The summed E-state index contributed by atoms with van der Waals surface area (Å²) in [5.41, 5.74) is 3.36. The van der Waals surface area contributed by atoms with Crippen molar-refractivity contribution >= 4 is 39.7 Å². The molecule has 3 aromatic rings. The lowest BCUT2D eigenvalue weighted by Crippen LogP contribution is -2.40. The molecule has 0 fully saturated rings. The molecular weight excluding hydrogens is 426 g/mol. The van der Waals surface area contributed by atoms with E-state index in [0.29, 0.717) is 22.6 Å². The van der Waals surface area contributed by atoms with E-state index in [1.54, 1.807) is 36.5 Å². The predicted molar refractivity (Wildman–Crippen MR) is 115 cm³/mol. The Hall–Kier alpha value is -2.85. The molecule has 10 heteroatoms. The van der Waals surface area contributed by atoms with Gasteiger partial charge in [-0.2, -0.15) is 4.68 Å². The number of aryl methyl sites for hydroxylation is 2. The topological polar surface area (TPSA) is 94.6 Å². The van der Waals surface area contributed by atoms with Gasteiger partial charge in [0.2, 0.25) is 11.6 Å². The third-order valence-electron chi connectivity index (χ3n) is 5.26. The lowest BCUT2D eigenvalue weighted by atomic mass is 9.97. The Morgan fingerprint density at radius 2 is 2.10 bits per heavy atom. The second-order valence-electron chi connectivity index (χ2n) is 7.24. The molecule has 0 bridgehead atoms. The minimum atomic E-state index is -0.862. The molecule has 156 valence electrons. The Morgan fingerprint density at radius 3 is 2.97 bits per heavy atom. The number of benzene rings is 1. The molecule has 0 spiro atoms. The molecule has 2 N–H and O–H groups in total. The number of carbonyl (C=O) groups excluding carboxylic acids is 1. The van der Waals surface area contributed by atoms with Crippen molar-refractivity contribution in [1.29, 1.82) is 0 Å². The fourth-order valence-electron chi connectivity index (χ4n) is 3.75. The number of fused-ring (bicyclic) bond motifs is 4. The summed E-state index contributed by atoms with van der Waals surface area (Å²) < 4.78 is 17.5. The average molecular weight is 446 g/mol. The summed E-state index contributed by atoms with van der Waals surface area (Å²) in [5.74, 6) is 1.16. The fourth-order valence-corrected chi connectivity index (χ4v) is 5.32. The van der Waals surface area contributed by atoms with Crippen molar-refractivity contribution in [3.8, 4) is 17.2 Å². The van der Waals surface area contributed by atoms with E-state index in [1.807, 2.05) is 0 Å². The van der Waals surface area contributed by atoms with Crippen LogP contribution in [0.2, 0.25) is 0 Å². The smallest absolute Gasteiger partial charge is 0.282 e. The third-order valence-corrected chi connectivity index (χ3v) is 6.75. The number of carbonyl (C=O) groups is 1. The SMILES string of the molecule is CC(Oc1ccc2c(c1)OCO2)C(=O)Nn1c(=S)[nH]c2sc3c(c2c1=O)CCCC3. The molecule has 1 unspecified atom stereocenters. The number of thiophene rings is 1. The Balaban J connectivity index is 1.40. The van der Waals surface area contributed by atoms with Crippen molar-refractivity contribution in [2.75, 3.05) is 12.2 Å². The molecule has 1 aliphatic heterocycles. The highest BCUT2D eigenvalue weighted by atomic mass is 32.1. The second-order valence-corrected chi connectivity index (χ2v) is 8.73. The molecule has 1 atom stereocenters. The van der Waals surface area contributed by atoms with E-state index in [9.17, 15) is 9.59 Å². The van der Waals surface area contributed by atoms with Gasteiger partial charge in [0.15, 0.2) is 17.6 Å². The molecule has 1 aromatic carbocycles. The summed E-state index contributed by atoms with van der Waals surface area (Å²) in [7, 11) is 0. The van der Waals surface area contributed by atoms with E-state index in [2.05, 4.69) is 10.4 Å². The third kappa shape index (κ3) is 3.25. The number of aromatic nitrogens is 2. The summed E-state index contributed by atoms with van der Waals surface area (Å²) in [4.78, 5) is 30.9. The minimum Gasteiger partial charge on any atom is -0.481 e. The normalized spacial score (nSPS) is 15.6. The number of hydrogen-bond donors (Lipinski definition) is 2. The van der Waals surface area contributed by atoms with Crippen molar-refractivity contribution < 1.29 is 19.0 Å². The van der Waals surface area contributed by atoms with Gasteiger partial charge in [-0.1, -0.05) is 0 Å². The molecule has 8 nitrogen and oxygen atoms in total. The number of rotatable bonds is 4. The quantitative estimate of drug-likeness (QED) is 0.599. The first-order chi connectivity index (χ1) is 14.5. The molecule has 0 saturated heterocycles. The number of ether oxygens (including phenoxy) is 3. The van der Waals surface area contributed by atoms with E-state index in [1.165, 1.54) is 4.88 Å². The molecule has 1 amide bonds. The van der Waals surface area contributed by atoms with Crippen molar-refractivity contribution in [3.63, 3.8) is 0 Å². The summed E-state index contributed by atoms with van der Waals surface area (Å²) in [6.07, 6.45) is 3.16. The highest BCUT2D eigenvalue weighted by Gasteiger charge is 2.23. The number of hydrogen-bond acceptors (Lipinski definition) is 7. The van der Waals surface area contributed by atoms with Crippen LogP contribution in [0.25, 0.3) is 10.2 Å². The summed E-state index contributed by atoms with van der Waals surface area (Å²) in [6, 6.07) is 5.07. The zero-order valence-electron chi connectivity index (χ0n) is 16.1. The highest BCUT2D eigenvalue weighted by Crippen LogP contribution is 2.35. The van der Waals surface area contributed by atoms with Gasteiger partial charge in [0.25, 0.3) is 11.5 Å². The van der Waals surface area contributed by atoms with Crippen LogP contribution in [0, 0.1) is 4.77 Å². The van der Waals surface area contributed by atoms with Crippen LogP contribution in [0.1, 0.15) is 30.2 Å². The van der Waals surface area contributed by atoms with Gasteiger partial charge in [0.1, 0.15) is 10.6 Å². The summed E-state index contributed by atoms with van der Waals surface area (Å²) in [6.45, 7) is 1.76. The lowest BCUT2D eigenvalue weighted by Gasteiger charge is -2.16. The van der Waals surface area contributed by atoms with E-state index >= 15 is 0 Å². The van der Waals surface area contributed by atoms with E-state index < -0.39 is 12.0 Å². The largest absolute Gasteiger partial charge is 0.481 e. The van der Waals surface area contributed by atoms with Crippen LogP contribution < -0.4 is 25.2 Å². The zero-order chi connectivity index (χ0) is 20.8. The molecule has 0 saturated carbocycles. The van der Waals surface area contributed by atoms with Gasteiger partial charge < -0.3 is 19.2 Å². The first-order valence-corrected chi connectivity index (χ1v) is 10.9. The number of H-pyrrole nitrogens is 1. The molecule has 5 rings (SSSR count). The standard InChI is InChI=1S/C20H19N3O5S2/c1-10(28-11-6-7-13-14(8-11)27-9-26-13)17(24)22-23-19(25)16-12-4-2-3-5-15(12)30-18(16)21-20(23)29/h6-8,10H,2-5,9H2,1H3,(H,21,29)(H,22,24). The number of nitrogens with zero attached hydrogens (tertiary/aromatic N) is 1. The predicted octanol–water partition coefficient (Wildman–Crippen LogP) is 3.27. The maximum atomic E-state index is 13.1. The van der Waals surface area contributed by atoms with Crippen LogP contribution in [0.3, 0.4) is 0 Å². The van der Waals surface area contributed by atoms with Crippen molar-refractivity contribution in [2.45, 2.75) is 38.7 Å². The highest BCUT2D eigenvalue weighted by molar-refractivity contribution is 7.71. The average Bonchev–Trinajstić information content (AvgIpc) is 3.34. The van der Waals surface area contributed by atoms with Crippen LogP contribution in [0.4, 0.5) is 0 Å². The van der Waals surface area contributed by atoms with E-state index in [-0.39, 0.29) is 17.1 Å². The Bertz CT molecular complexity index is 1280. The second kappa shape index (κ2) is 7.44. The van der Waals surface area contributed by atoms with Crippen molar-refractivity contribution in [3.05, 3.63) is 43.8 Å². The van der Waals surface area contributed by atoms with Gasteiger partial charge in [-0.25, -0.2) is 0 Å². The van der Waals surface area contributed by atoms with Crippen LogP contribution in [0.15, 0.2) is 23.0 Å². The fraction of sp³-hybridized carbons (Fsp3) is 0.350. The zero-order valence-corrected chi connectivity index (χ0v) is 17.8. The molecule has 1 aliphatic carbocycles. The Morgan fingerprint density at radius 1 is 1.30 bits per heavy atom. The Kier molecular flexibility index (Phi) is 4.75. The first-order valence-electron chi connectivity index (χ1n) is 9.68. The van der Waals surface area contributed by atoms with Gasteiger partial charge in [0.05, 0.1) is 5.39 Å². The number of amides is 1. The summed E-state index contributed by atoms with van der Waals surface area (Å²) in [5, 5.41) is 0.618. The van der Waals surface area contributed by atoms with E-state index in [0.717, 1.165) is 40.8 Å². The maximum absolute atomic E-state index is 13.1. The monoisotopic (exact) mass is 445 g/mol. The van der Waals surface area contributed by atoms with Gasteiger partial charge in [-0.05, 0) is 62.5 Å². The van der Waals surface area contributed by atoms with Crippen molar-refractivity contribution in [2.24, 2.45) is 0 Å². The number of aromatic amines is 1. The summed E-state index contributed by atoms with van der Waals surface area (Å²) >= 11 is 6.90. The van der Waals surface area contributed by atoms with Gasteiger partial charge in [0, 0.05) is 10.9 Å². The van der Waals surface area contributed by atoms with Gasteiger partial charge in [-0.3, -0.25) is 15.0 Å². The van der Waals surface area contributed by atoms with Crippen LogP contribution in [-0.2, 0) is 17.6 Å². The molecule has 2 aromatic heterocycles. The minimum absolute atomic E-state index is 0.148. The molecule has 3 heterocycles. The molecule has 30 heavy (non-hydrogen) atoms. The Labute approximate surface area is 180 Å². The molecule has 0 radical (unpaired) electrons. The van der Waals surface area contributed by atoms with Crippen LogP contribution >= 0.6 is 23.6 Å². The van der Waals surface area contributed by atoms with E-state index in [4.69, 9.17) is 26.4 Å². The first kappa shape index (κ1) is 19.1. The molecular formula is C20H19N3O5S2. The van der Waals surface area contributed by atoms with Gasteiger partial charge >= 0.3 is 0 Å². The maximum Gasteiger partial charge on any atom is 0.282 e. The lowest BCUT2D eigenvalue weighted by molar-refractivity contribution is -0.123. The number of nitrogens with one attached hydrogen (secondary N) is 2. The van der Waals surface area contributed by atoms with Crippen LogP contribution in [-0.4, -0.2) is 28.5 Å². The molecule has 2 aliphatic rings. The van der Waals surface area contributed by atoms with Gasteiger partial charge in [-0.15, -0.1) is 11.3 Å². The van der Waals surface area contributed by atoms with Crippen molar-refractivity contribution in [1.82, 2.24) is 9.66 Å².